The quantitative estimate of drug-likeness (QED) is 0.473. The maximum absolute atomic E-state index is 13.1. The second kappa shape index (κ2) is 7.83. The summed E-state index contributed by atoms with van der Waals surface area (Å²) in [5.41, 5.74) is 5.69. The SMILES string of the molecule is Nc1nccc(-c2cnn(-c3ccc(C(CCO)C(F)(F)F)cn3)c2)c1[N+](=O)[O-]. The first-order valence-electron chi connectivity index (χ1n) is 8.30. The Morgan fingerprint density at radius 1 is 1.24 bits per heavy atom. The molecule has 3 rings (SSSR count). The molecule has 0 aliphatic heterocycles. The largest absolute Gasteiger partial charge is 0.396 e. The van der Waals surface area contributed by atoms with Gasteiger partial charge in [0.05, 0.1) is 22.6 Å². The summed E-state index contributed by atoms with van der Waals surface area (Å²) in [7, 11) is 0. The fourth-order valence-electron chi connectivity index (χ4n) is 2.87. The van der Waals surface area contributed by atoms with E-state index in [0.717, 1.165) is 6.20 Å². The summed E-state index contributed by atoms with van der Waals surface area (Å²) in [5.74, 6) is -1.86. The molecule has 0 aliphatic rings. The minimum atomic E-state index is -4.51. The van der Waals surface area contributed by atoms with Crippen LogP contribution in [0, 0.1) is 10.1 Å². The molecule has 3 heterocycles. The van der Waals surface area contributed by atoms with Crippen molar-refractivity contribution >= 4 is 11.5 Å². The number of aromatic nitrogens is 4. The monoisotopic (exact) mass is 408 g/mol. The minimum Gasteiger partial charge on any atom is -0.396 e. The molecule has 0 bridgehead atoms. The number of pyridine rings is 2. The van der Waals surface area contributed by atoms with Gasteiger partial charge in [-0.05, 0) is 24.1 Å². The Morgan fingerprint density at radius 3 is 2.59 bits per heavy atom. The van der Waals surface area contributed by atoms with Gasteiger partial charge in [0.15, 0.2) is 5.82 Å². The number of halogens is 3. The summed E-state index contributed by atoms with van der Waals surface area (Å²) < 4.78 is 40.6. The first kappa shape index (κ1) is 20.2. The van der Waals surface area contributed by atoms with Gasteiger partial charge in [-0.1, -0.05) is 6.07 Å². The van der Waals surface area contributed by atoms with Gasteiger partial charge in [-0.25, -0.2) is 14.6 Å². The van der Waals surface area contributed by atoms with Crippen LogP contribution in [-0.4, -0.2) is 42.6 Å². The van der Waals surface area contributed by atoms with Crippen molar-refractivity contribution in [1.29, 1.82) is 0 Å². The molecule has 3 N–H and O–H groups in total. The third-order valence-electron chi connectivity index (χ3n) is 4.25. The Bertz CT molecular complexity index is 1020. The van der Waals surface area contributed by atoms with E-state index in [1.54, 1.807) is 0 Å². The van der Waals surface area contributed by atoms with Crippen LogP contribution in [0.25, 0.3) is 16.9 Å². The zero-order valence-electron chi connectivity index (χ0n) is 14.7. The highest BCUT2D eigenvalue weighted by atomic mass is 19.4. The van der Waals surface area contributed by atoms with Gasteiger partial charge in [-0.2, -0.15) is 18.3 Å². The van der Waals surface area contributed by atoms with E-state index in [-0.39, 0.29) is 28.5 Å². The van der Waals surface area contributed by atoms with Crippen LogP contribution in [0.15, 0.2) is 43.0 Å². The van der Waals surface area contributed by atoms with Crippen LogP contribution in [0.4, 0.5) is 24.7 Å². The molecule has 152 valence electrons. The van der Waals surface area contributed by atoms with E-state index in [1.165, 1.54) is 41.5 Å². The summed E-state index contributed by atoms with van der Waals surface area (Å²) in [6, 6.07) is 4.01. The molecule has 0 saturated carbocycles. The van der Waals surface area contributed by atoms with Crippen LogP contribution < -0.4 is 5.73 Å². The van der Waals surface area contributed by atoms with Crippen LogP contribution in [0.3, 0.4) is 0 Å². The van der Waals surface area contributed by atoms with Gasteiger partial charge in [-0.3, -0.25) is 10.1 Å². The summed E-state index contributed by atoms with van der Waals surface area (Å²) in [4.78, 5) is 18.3. The molecule has 3 aromatic heterocycles. The van der Waals surface area contributed by atoms with Crippen LogP contribution in [0.1, 0.15) is 17.9 Å². The number of anilines is 1. The fraction of sp³-hybridized carbons (Fsp3) is 0.235. The van der Waals surface area contributed by atoms with Gasteiger partial charge in [0.1, 0.15) is 0 Å². The van der Waals surface area contributed by atoms with Crippen molar-refractivity contribution < 1.29 is 23.2 Å². The Morgan fingerprint density at radius 2 is 2.00 bits per heavy atom. The van der Waals surface area contributed by atoms with Crippen molar-refractivity contribution in [3.63, 3.8) is 0 Å². The summed E-state index contributed by atoms with van der Waals surface area (Å²) in [6.45, 7) is -0.609. The second-order valence-corrected chi connectivity index (χ2v) is 6.08. The van der Waals surface area contributed by atoms with E-state index in [0.29, 0.717) is 5.56 Å². The molecule has 12 heteroatoms. The van der Waals surface area contributed by atoms with Crippen molar-refractivity contribution in [3.05, 3.63) is 58.7 Å². The minimum absolute atomic E-state index is 0.0831. The highest BCUT2D eigenvalue weighted by Crippen LogP contribution is 2.37. The number of rotatable bonds is 6. The molecular weight excluding hydrogens is 393 g/mol. The lowest BCUT2D eigenvalue weighted by Crippen LogP contribution is -2.22. The van der Waals surface area contributed by atoms with Gasteiger partial charge < -0.3 is 10.8 Å². The molecule has 0 saturated heterocycles. The molecular formula is C17H15F3N6O3. The summed E-state index contributed by atoms with van der Waals surface area (Å²) in [6.07, 6.45) is 0.201. The molecule has 0 radical (unpaired) electrons. The number of hydrogen-bond donors (Lipinski definition) is 2. The molecule has 0 aliphatic carbocycles. The smallest absolute Gasteiger partial charge is 0.395 e. The number of aliphatic hydroxyl groups is 1. The Kier molecular flexibility index (Phi) is 5.46. The number of alkyl halides is 3. The molecule has 9 nitrogen and oxygen atoms in total. The lowest BCUT2D eigenvalue weighted by molar-refractivity contribution is -0.383. The molecule has 3 aromatic rings. The van der Waals surface area contributed by atoms with Crippen LogP contribution in [-0.2, 0) is 0 Å². The van der Waals surface area contributed by atoms with Gasteiger partial charge in [0, 0.05) is 30.8 Å². The average Bonchev–Trinajstić information content (AvgIpc) is 3.15. The Hall–Kier alpha value is -3.54. The van der Waals surface area contributed by atoms with Crippen molar-refractivity contribution in [3.8, 4) is 16.9 Å². The van der Waals surface area contributed by atoms with Gasteiger partial charge in [0.25, 0.3) is 0 Å². The van der Waals surface area contributed by atoms with E-state index >= 15 is 0 Å². The number of aliphatic hydroxyl groups excluding tert-OH is 1. The predicted molar refractivity (Wildman–Crippen MR) is 96.2 cm³/mol. The lowest BCUT2D eigenvalue weighted by atomic mass is 9.97. The van der Waals surface area contributed by atoms with E-state index in [9.17, 15) is 23.3 Å². The third kappa shape index (κ3) is 4.16. The van der Waals surface area contributed by atoms with E-state index in [1.807, 2.05) is 0 Å². The van der Waals surface area contributed by atoms with Crippen LogP contribution in [0.2, 0.25) is 0 Å². The van der Waals surface area contributed by atoms with Crippen molar-refractivity contribution in [2.75, 3.05) is 12.3 Å². The number of nitrogens with zero attached hydrogens (tertiary/aromatic N) is 5. The van der Waals surface area contributed by atoms with E-state index < -0.39 is 30.0 Å². The summed E-state index contributed by atoms with van der Waals surface area (Å²) in [5, 5.41) is 24.2. The lowest BCUT2D eigenvalue weighted by Gasteiger charge is -2.19. The van der Waals surface area contributed by atoms with Crippen LogP contribution >= 0.6 is 0 Å². The highest BCUT2D eigenvalue weighted by molar-refractivity contribution is 5.78. The molecule has 0 fully saturated rings. The Labute approximate surface area is 161 Å². The standard InChI is InChI=1S/C17H15F3N6O3/c18-17(19,20)13(4-6-27)10-1-2-14(23-7-10)25-9-11(8-24-25)12-3-5-22-16(21)15(12)26(28)29/h1-3,5,7-9,13,27H,4,6H2,(H2,21,22). The highest BCUT2D eigenvalue weighted by Gasteiger charge is 2.40. The first-order valence-corrected chi connectivity index (χ1v) is 8.30. The van der Waals surface area contributed by atoms with Crippen molar-refractivity contribution in [2.45, 2.75) is 18.5 Å². The first-order chi connectivity index (χ1) is 13.7. The molecule has 0 spiro atoms. The molecule has 0 amide bonds. The predicted octanol–water partition coefficient (Wildman–Crippen LogP) is 2.85. The Balaban J connectivity index is 1.92. The van der Waals surface area contributed by atoms with Crippen molar-refractivity contribution in [2.24, 2.45) is 0 Å². The number of nitro groups is 1. The van der Waals surface area contributed by atoms with Gasteiger partial charge in [0.2, 0.25) is 5.82 Å². The second-order valence-electron chi connectivity index (χ2n) is 6.08. The number of nitrogens with two attached hydrogens (primary N) is 1. The molecule has 1 unspecified atom stereocenters. The van der Waals surface area contributed by atoms with Gasteiger partial charge in [-0.15, -0.1) is 0 Å². The van der Waals surface area contributed by atoms with Crippen molar-refractivity contribution in [1.82, 2.24) is 19.7 Å². The van der Waals surface area contributed by atoms with E-state index in [2.05, 4.69) is 15.1 Å². The van der Waals surface area contributed by atoms with E-state index in [4.69, 9.17) is 10.8 Å². The third-order valence-corrected chi connectivity index (χ3v) is 4.25. The summed E-state index contributed by atoms with van der Waals surface area (Å²) >= 11 is 0. The zero-order valence-corrected chi connectivity index (χ0v) is 14.7. The van der Waals surface area contributed by atoms with Gasteiger partial charge >= 0.3 is 11.9 Å². The maximum atomic E-state index is 13.1. The molecule has 29 heavy (non-hydrogen) atoms. The number of hydrogen-bond acceptors (Lipinski definition) is 7. The number of nitrogen functional groups attached to an aromatic ring is 1. The molecule has 0 aromatic carbocycles. The molecule has 1 atom stereocenters. The average molecular weight is 408 g/mol. The normalized spacial score (nSPS) is 12.7. The zero-order chi connectivity index (χ0) is 21.2. The van der Waals surface area contributed by atoms with Crippen LogP contribution in [0.5, 0.6) is 0 Å². The topological polar surface area (TPSA) is 133 Å². The maximum Gasteiger partial charge on any atom is 0.395 e. The fourth-order valence-corrected chi connectivity index (χ4v) is 2.87.